The number of aromatic nitrogens is 1. The molecule has 3 rings (SSSR count). The molecule has 1 aliphatic carbocycles. The standard InChI is InChI=1S/C22H27NS/c1-2-3-5-10-21(17-22-23-15-16-24-22)20-13-11-19(12-14-20)18-8-6-4-7-9-18/h4,6-9,13,15-17,19H,2-3,5,10-12,14H2,1H3/b21-17-. The average molecular weight is 338 g/mol. The van der Waals surface area contributed by atoms with E-state index in [1.807, 2.05) is 6.20 Å². The van der Waals surface area contributed by atoms with Crippen LogP contribution in [0, 0.1) is 0 Å². The number of hydrogen-bond donors (Lipinski definition) is 0. The second kappa shape index (κ2) is 8.98. The molecule has 1 heterocycles. The minimum atomic E-state index is 0.687. The van der Waals surface area contributed by atoms with E-state index in [0.29, 0.717) is 5.92 Å². The quantitative estimate of drug-likeness (QED) is 0.496. The van der Waals surface area contributed by atoms with Crippen molar-refractivity contribution >= 4 is 17.4 Å². The van der Waals surface area contributed by atoms with Gasteiger partial charge in [-0.05, 0) is 60.8 Å². The van der Waals surface area contributed by atoms with Crippen molar-refractivity contribution in [2.75, 3.05) is 0 Å². The number of thiazole rings is 1. The summed E-state index contributed by atoms with van der Waals surface area (Å²) in [7, 11) is 0. The van der Waals surface area contributed by atoms with E-state index in [1.165, 1.54) is 56.1 Å². The fourth-order valence-electron chi connectivity index (χ4n) is 3.50. The Labute approximate surface area is 150 Å². The lowest BCUT2D eigenvalue weighted by atomic mass is 9.81. The molecule has 1 aromatic carbocycles. The van der Waals surface area contributed by atoms with Crippen LogP contribution in [0.25, 0.3) is 6.08 Å². The summed E-state index contributed by atoms with van der Waals surface area (Å²) in [6, 6.07) is 11.0. The first kappa shape index (κ1) is 17.2. The molecule has 0 N–H and O–H groups in total. The highest BCUT2D eigenvalue weighted by Crippen LogP contribution is 2.36. The minimum absolute atomic E-state index is 0.687. The normalized spacial score (nSPS) is 18.5. The van der Waals surface area contributed by atoms with Gasteiger partial charge in [0.15, 0.2) is 0 Å². The highest BCUT2D eigenvalue weighted by molar-refractivity contribution is 7.10. The summed E-state index contributed by atoms with van der Waals surface area (Å²) < 4.78 is 0. The van der Waals surface area contributed by atoms with E-state index >= 15 is 0 Å². The topological polar surface area (TPSA) is 12.9 Å². The molecule has 0 amide bonds. The first-order chi connectivity index (χ1) is 11.9. The zero-order chi connectivity index (χ0) is 16.6. The highest BCUT2D eigenvalue weighted by atomic mass is 32.1. The van der Waals surface area contributed by atoms with Crippen LogP contribution in [0.3, 0.4) is 0 Å². The van der Waals surface area contributed by atoms with Crippen molar-refractivity contribution in [1.29, 1.82) is 0 Å². The van der Waals surface area contributed by atoms with E-state index in [4.69, 9.17) is 0 Å². The van der Waals surface area contributed by atoms with Crippen molar-refractivity contribution in [2.45, 2.75) is 57.8 Å². The molecule has 0 saturated carbocycles. The Morgan fingerprint density at radius 2 is 2.12 bits per heavy atom. The van der Waals surface area contributed by atoms with Crippen molar-refractivity contribution in [1.82, 2.24) is 4.98 Å². The van der Waals surface area contributed by atoms with Gasteiger partial charge >= 0.3 is 0 Å². The molecule has 0 aliphatic heterocycles. The van der Waals surface area contributed by atoms with Crippen molar-refractivity contribution in [3.8, 4) is 0 Å². The van der Waals surface area contributed by atoms with Gasteiger partial charge in [0.2, 0.25) is 0 Å². The van der Waals surface area contributed by atoms with Crippen molar-refractivity contribution in [3.05, 3.63) is 69.7 Å². The zero-order valence-electron chi connectivity index (χ0n) is 14.6. The molecule has 0 bridgehead atoms. The number of rotatable bonds is 7. The summed E-state index contributed by atoms with van der Waals surface area (Å²) >= 11 is 1.74. The third-order valence-electron chi connectivity index (χ3n) is 4.89. The van der Waals surface area contributed by atoms with Gasteiger partial charge in [-0.1, -0.05) is 56.2 Å². The van der Waals surface area contributed by atoms with Crippen LogP contribution in [-0.4, -0.2) is 4.98 Å². The third-order valence-corrected chi connectivity index (χ3v) is 5.62. The predicted octanol–water partition coefficient (Wildman–Crippen LogP) is 7.00. The highest BCUT2D eigenvalue weighted by Gasteiger charge is 2.18. The molecule has 0 fully saturated rings. The van der Waals surface area contributed by atoms with E-state index in [-0.39, 0.29) is 0 Å². The molecule has 1 nitrogen and oxygen atoms in total. The molecule has 24 heavy (non-hydrogen) atoms. The Hall–Kier alpha value is -1.67. The fraction of sp³-hybridized carbons (Fsp3) is 0.409. The van der Waals surface area contributed by atoms with Gasteiger partial charge < -0.3 is 0 Å². The van der Waals surface area contributed by atoms with Crippen LogP contribution in [0.1, 0.15) is 68.4 Å². The van der Waals surface area contributed by atoms with Gasteiger partial charge in [-0.25, -0.2) is 4.98 Å². The number of benzene rings is 1. The summed E-state index contributed by atoms with van der Waals surface area (Å²) in [5, 5.41) is 3.21. The Morgan fingerprint density at radius 1 is 1.25 bits per heavy atom. The largest absolute Gasteiger partial charge is 0.245 e. The van der Waals surface area contributed by atoms with Gasteiger partial charge in [0.25, 0.3) is 0 Å². The van der Waals surface area contributed by atoms with E-state index in [0.717, 1.165) is 5.01 Å². The van der Waals surface area contributed by atoms with Crippen LogP contribution >= 0.6 is 11.3 Å². The summed E-state index contributed by atoms with van der Waals surface area (Å²) in [5.74, 6) is 0.687. The summed E-state index contributed by atoms with van der Waals surface area (Å²) in [4.78, 5) is 4.46. The lowest BCUT2D eigenvalue weighted by Crippen LogP contribution is -2.06. The minimum Gasteiger partial charge on any atom is -0.245 e. The summed E-state index contributed by atoms with van der Waals surface area (Å²) in [6.45, 7) is 2.27. The molecule has 1 aliphatic rings. The molecule has 2 heteroatoms. The second-order valence-corrected chi connectivity index (χ2v) is 7.53. The van der Waals surface area contributed by atoms with E-state index < -0.39 is 0 Å². The SMILES string of the molecule is CCCCC/C(=C/c1nccs1)C1=CCC(c2ccccc2)CC1. The molecule has 0 spiro atoms. The summed E-state index contributed by atoms with van der Waals surface area (Å²) in [5.41, 5.74) is 4.57. The number of nitrogens with zero attached hydrogens (tertiary/aromatic N) is 1. The monoisotopic (exact) mass is 337 g/mol. The molecule has 2 aromatic rings. The lowest BCUT2D eigenvalue weighted by Gasteiger charge is -2.24. The van der Waals surface area contributed by atoms with Crippen LogP contribution in [0.2, 0.25) is 0 Å². The van der Waals surface area contributed by atoms with Crippen molar-refractivity contribution in [2.24, 2.45) is 0 Å². The Kier molecular flexibility index (Phi) is 6.42. The molecular weight excluding hydrogens is 310 g/mol. The van der Waals surface area contributed by atoms with Gasteiger partial charge in [0.05, 0.1) is 0 Å². The van der Waals surface area contributed by atoms with E-state index in [2.05, 4.69) is 59.8 Å². The Bertz CT molecular complexity index is 667. The molecular formula is C22H27NS. The van der Waals surface area contributed by atoms with Crippen LogP contribution in [-0.2, 0) is 0 Å². The molecule has 0 saturated heterocycles. The maximum absolute atomic E-state index is 4.46. The second-order valence-electron chi connectivity index (χ2n) is 6.61. The van der Waals surface area contributed by atoms with Gasteiger partial charge in [0.1, 0.15) is 5.01 Å². The lowest BCUT2D eigenvalue weighted by molar-refractivity contribution is 0.597. The van der Waals surface area contributed by atoms with Gasteiger partial charge in [-0.15, -0.1) is 11.3 Å². The fourth-order valence-corrected chi connectivity index (χ4v) is 4.09. The molecule has 126 valence electrons. The molecule has 1 atom stereocenters. The zero-order valence-corrected chi connectivity index (χ0v) is 15.4. The van der Waals surface area contributed by atoms with E-state index in [1.54, 1.807) is 16.9 Å². The number of unbranched alkanes of at least 4 members (excludes halogenated alkanes) is 2. The van der Waals surface area contributed by atoms with Gasteiger partial charge in [-0.2, -0.15) is 0 Å². The summed E-state index contributed by atoms with van der Waals surface area (Å²) in [6.07, 6.45) is 15.4. The van der Waals surface area contributed by atoms with Crippen LogP contribution in [0.4, 0.5) is 0 Å². The molecule has 0 radical (unpaired) electrons. The van der Waals surface area contributed by atoms with Gasteiger partial charge in [-0.3, -0.25) is 0 Å². The van der Waals surface area contributed by atoms with E-state index in [9.17, 15) is 0 Å². The maximum Gasteiger partial charge on any atom is 0.116 e. The maximum atomic E-state index is 4.46. The van der Waals surface area contributed by atoms with Crippen LogP contribution in [0.5, 0.6) is 0 Å². The van der Waals surface area contributed by atoms with Crippen LogP contribution in [0.15, 0.2) is 59.1 Å². The smallest absolute Gasteiger partial charge is 0.116 e. The molecule has 1 aromatic heterocycles. The molecule has 1 unspecified atom stereocenters. The number of hydrogen-bond acceptors (Lipinski definition) is 2. The Balaban J connectivity index is 1.72. The third kappa shape index (κ3) is 4.67. The first-order valence-electron chi connectivity index (χ1n) is 9.21. The first-order valence-corrected chi connectivity index (χ1v) is 10.1. The number of allylic oxidation sites excluding steroid dienone is 3. The van der Waals surface area contributed by atoms with Gasteiger partial charge in [0, 0.05) is 11.6 Å². The van der Waals surface area contributed by atoms with Crippen molar-refractivity contribution in [3.63, 3.8) is 0 Å². The van der Waals surface area contributed by atoms with Crippen molar-refractivity contribution < 1.29 is 0 Å². The van der Waals surface area contributed by atoms with Crippen LogP contribution < -0.4 is 0 Å². The average Bonchev–Trinajstić information content (AvgIpc) is 3.15. The predicted molar refractivity (Wildman–Crippen MR) is 105 cm³/mol. The Morgan fingerprint density at radius 3 is 2.79 bits per heavy atom.